The Balaban J connectivity index is 1.63. The molecule has 4 rings (SSSR count). The van der Waals surface area contributed by atoms with Gasteiger partial charge in [-0.1, -0.05) is 18.2 Å². The van der Waals surface area contributed by atoms with Gasteiger partial charge < -0.3 is 4.57 Å². The maximum absolute atomic E-state index is 12.9. The molecule has 1 aromatic heterocycles. The van der Waals surface area contributed by atoms with Crippen LogP contribution in [0.5, 0.6) is 0 Å². The van der Waals surface area contributed by atoms with E-state index in [1.165, 1.54) is 17.3 Å². The molecule has 0 saturated carbocycles. The average Bonchev–Trinajstić information content (AvgIpc) is 3.25. The van der Waals surface area contributed by atoms with E-state index in [-0.39, 0.29) is 0 Å². The van der Waals surface area contributed by atoms with Gasteiger partial charge >= 0.3 is 0 Å². The van der Waals surface area contributed by atoms with Gasteiger partial charge in [0.15, 0.2) is 5.16 Å². The molecule has 1 heterocycles. The number of sulfonamides is 1. The van der Waals surface area contributed by atoms with Gasteiger partial charge in [-0.3, -0.25) is 4.72 Å². The second-order valence-electron chi connectivity index (χ2n) is 6.31. The number of rotatable bonds is 5. The first-order chi connectivity index (χ1) is 12.5. The minimum Gasteiger partial charge on any atom is -0.329 e. The molecule has 1 aliphatic carbocycles. The first kappa shape index (κ1) is 17.2. The zero-order chi connectivity index (χ0) is 18.1. The summed E-state index contributed by atoms with van der Waals surface area (Å²) >= 11 is 1.43. The number of aromatic nitrogens is 2. The van der Waals surface area contributed by atoms with E-state index in [1.807, 2.05) is 42.1 Å². The van der Waals surface area contributed by atoms with Crippen molar-refractivity contribution in [3.05, 3.63) is 66.0 Å². The molecule has 5 nitrogen and oxygen atoms in total. The monoisotopic (exact) mass is 385 g/mol. The van der Waals surface area contributed by atoms with E-state index in [9.17, 15) is 8.42 Å². The molecule has 134 valence electrons. The Labute approximate surface area is 157 Å². The summed E-state index contributed by atoms with van der Waals surface area (Å²) in [6, 6.07) is 12.8. The third-order valence-electron chi connectivity index (χ3n) is 4.49. The molecule has 0 spiro atoms. The van der Waals surface area contributed by atoms with Crippen LogP contribution in [0.3, 0.4) is 0 Å². The van der Waals surface area contributed by atoms with Gasteiger partial charge in [0.1, 0.15) is 0 Å². The van der Waals surface area contributed by atoms with Crippen LogP contribution in [0.1, 0.15) is 17.5 Å². The quantitative estimate of drug-likeness (QED) is 0.724. The highest BCUT2D eigenvalue weighted by Crippen LogP contribution is 2.33. The molecule has 0 bridgehead atoms. The molecular formula is C19H19N3O2S2. The third-order valence-corrected chi connectivity index (χ3v) is 7.00. The fraction of sp³-hybridized carbons (Fsp3) is 0.211. The Morgan fingerprint density at radius 3 is 2.73 bits per heavy atom. The summed E-state index contributed by atoms with van der Waals surface area (Å²) in [4.78, 5) is 5.42. The zero-order valence-electron chi connectivity index (χ0n) is 14.3. The molecule has 26 heavy (non-hydrogen) atoms. The molecule has 1 aliphatic rings. The van der Waals surface area contributed by atoms with Gasteiger partial charge in [-0.15, -0.1) is 0 Å². The molecule has 2 aromatic carbocycles. The van der Waals surface area contributed by atoms with Crippen LogP contribution < -0.4 is 4.72 Å². The molecule has 3 aromatic rings. The van der Waals surface area contributed by atoms with Crippen molar-refractivity contribution in [2.24, 2.45) is 7.05 Å². The van der Waals surface area contributed by atoms with Crippen molar-refractivity contribution in [1.82, 2.24) is 9.55 Å². The van der Waals surface area contributed by atoms with E-state index >= 15 is 0 Å². The number of para-hydroxylation sites is 1. The van der Waals surface area contributed by atoms with E-state index in [2.05, 4.69) is 9.71 Å². The zero-order valence-corrected chi connectivity index (χ0v) is 16.0. The lowest BCUT2D eigenvalue weighted by Gasteiger charge is -2.13. The third kappa shape index (κ3) is 3.37. The number of hydrogen-bond acceptors (Lipinski definition) is 4. The summed E-state index contributed by atoms with van der Waals surface area (Å²) in [6.07, 6.45) is 6.66. The number of nitrogens with one attached hydrogen (secondary N) is 1. The van der Waals surface area contributed by atoms with E-state index in [1.54, 1.807) is 24.4 Å². The SMILES string of the molecule is Cn1ccnc1Sc1ccccc1NS(=O)(=O)c1ccc2c(c1)CCC2. The second kappa shape index (κ2) is 6.81. The van der Waals surface area contributed by atoms with Gasteiger partial charge in [0.2, 0.25) is 0 Å². The van der Waals surface area contributed by atoms with Gasteiger partial charge in [-0.25, -0.2) is 13.4 Å². The van der Waals surface area contributed by atoms with Crippen molar-refractivity contribution >= 4 is 27.5 Å². The van der Waals surface area contributed by atoms with Crippen LogP contribution >= 0.6 is 11.8 Å². The minimum absolute atomic E-state index is 0.315. The van der Waals surface area contributed by atoms with Crippen LogP contribution in [-0.4, -0.2) is 18.0 Å². The van der Waals surface area contributed by atoms with Crippen LogP contribution in [0.15, 0.2) is 69.8 Å². The van der Waals surface area contributed by atoms with Gasteiger partial charge in [-0.05, 0) is 66.4 Å². The summed E-state index contributed by atoms with van der Waals surface area (Å²) in [7, 11) is -1.73. The Bertz CT molecular complexity index is 1060. The summed E-state index contributed by atoms with van der Waals surface area (Å²) in [6.45, 7) is 0. The highest BCUT2D eigenvalue weighted by Gasteiger charge is 2.20. The van der Waals surface area contributed by atoms with Gasteiger partial charge in [0.05, 0.1) is 10.6 Å². The van der Waals surface area contributed by atoms with Gasteiger partial charge in [0, 0.05) is 24.3 Å². The van der Waals surface area contributed by atoms with Gasteiger partial charge in [-0.2, -0.15) is 0 Å². The maximum atomic E-state index is 12.9. The van der Waals surface area contributed by atoms with Crippen molar-refractivity contribution in [3.8, 4) is 0 Å². The number of nitrogens with zero attached hydrogens (tertiary/aromatic N) is 2. The van der Waals surface area contributed by atoms with Crippen molar-refractivity contribution < 1.29 is 8.42 Å². The van der Waals surface area contributed by atoms with Crippen LogP contribution in [0.25, 0.3) is 0 Å². The molecule has 0 aliphatic heterocycles. The summed E-state index contributed by atoms with van der Waals surface area (Å²) in [5.41, 5.74) is 2.96. The number of aryl methyl sites for hydroxylation is 3. The Morgan fingerprint density at radius 2 is 1.92 bits per heavy atom. The molecule has 0 unspecified atom stereocenters. The largest absolute Gasteiger partial charge is 0.329 e. The Morgan fingerprint density at radius 1 is 1.12 bits per heavy atom. The lowest BCUT2D eigenvalue weighted by atomic mass is 10.1. The Kier molecular flexibility index (Phi) is 4.50. The molecular weight excluding hydrogens is 366 g/mol. The molecule has 0 amide bonds. The number of hydrogen-bond donors (Lipinski definition) is 1. The second-order valence-corrected chi connectivity index (χ2v) is 9.00. The summed E-state index contributed by atoms with van der Waals surface area (Å²) < 4.78 is 30.4. The molecule has 1 N–H and O–H groups in total. The maximum Gasteiger partial charge on any atom is 0.261 e. The van der Waals surface area contributed by atoms with Crippen molar-refractivity contribution in [2.75, 3.05) is 4.72 Å². The average molecular weight is 386 g/mol. The molecule has 0 saturated heterocycles. The first-order valence-electron chi connectivity index (χ1n) is 8.42. The van der Waals surface area contributed by atoms with Crippen molar-refractivity contribution in [1.29, 1.82) is 0 Å². The highest BCUT2D eigenvalue weighted by molar-refractivity contribution is 7.99. The van der Waals surface area contributed by atoms with Gasteiger partial charge in [0.25, 0.3) is 10.0 Å². The summed E-state index contributed by atoms with van der Waals surface area (Å²) in [5.74, 6) is 0. The number of benzene rings is 2. The lowest BCUT2D eigenvalue weighted by molar-refractivity contribution is 0.601. The van der Waals surface area contributed by atoms with E-state index in [4.69, 9.17) is 0 Å². The highest BCUT2D eigenvalue weighted by atomic mass is 32.2. The normalized spacial score (nSPS) is 13.6. The standard InChI is InChI=1S/C19H19N3O2S2/c1-22-12-11-20-19(22)25-18-8-3-2-7-17(18)21-26(23,24)16-10-9-14-5-4-6-15(14)13-16/h2-3,7-13,21H,4-6H2,1H3. The van der Waals surface area contributed by atoms with E-state index in [0.29, 0.717) is 10.6 Å². The number of fused-ring (bicyclic) bond motifs is 1. The number of imidazole rings is 1. The molecule has 7 heteroatoms. The predicted molar refractivity (Wildman–Crippen MR) is 103 cm³/mol. The van der Waals surface area contributed by atoms with Crippen LogP contribution in [0.4, 0.5) is 5.69 Å². The number of anilines is 1. The summed E-state index contributed by atoms with van der Waals surface area (Å²) in [5, 5.41) is 0.800. The minimum atomic E-state index is -3.64. The van der Waals surface area contributed by atoms with Crippen LogP contribution in [0, 0.1) is 0 Å². The van der Waals surface area contributed by atoms with Crippen LogP contribution in [-0.2, 0) is 29.9 Å². The Hall–Kier alpha value is -2.25. The van der Waals surface area contributed by atoms with E-state index in [0.717, 1.165) is 34.9 Å². The fourth-order valence-corrected chi connectivity index (χ4v) is 5.19. The molecule has 0 radical (unpaired) electrons. The van der Waals surface area contributed by atoms with Crippen molar-refractivity contribution in [2.45, 2.75) is 34.2 Å². The lowest BCUT2D eigenvalue weighted by Crippen LogP contribution is -2.14. The molecule has 0 fully saturated rings. The predicted octanol–water partition coefficient (Wildman–Crippen LogP) is 3.86. The van der Waals surface area contributed by atoms with E-state index < -0.39 is 10.0 Å². The topological polar surface area (TPSA) is 64.0 Å². The smallest absolute Gasteiger partial charge is 0.261 e. The fourth-order valence-electron chi connectivity index (χ4n) is 3.11. The van der Waals surface area contributed by atoms with Crippen LogP contribution in [0.2, 0.25) is 0 Å². The van der Waals surface area contributed by atoms with Crippen molar-refractivity contribution in [3.63, 3.8) is 0 Å². The first-order valence-corrected chi connectivity index (χ1v) is 10.7. The molecule has 0 atom stereocenters.